The summed E-state index contributed by atoms with van der Waals surface area (Å²) >= 11 is 0. The molecule has 0 aliphatic rings. The lowest BCUT2D eigenvalue weighted by molar-refractivity contribution is -0.274. The second-order valence-corrected chi connectivity index (χ2v) is 3.71. The number of hydrogen-bond acceptors (Lipinski definition) is 6. The Morgan fingerprint density at radius 3 is 2.11 bits per heavy atom. The van der Waals surface area contributed by atoms with Gasteiger partial charge in [0.25, 0.3) is 0 Å². The summed E-state index contributed by atoms with van der Waals surface area (Å²) < 4.78 is 15.9. The van der Waals surface area contributed by atoms with E-state index in [0.29, 0.717) is 33.0 Å². The van der Waals surface area contributed by atoms with Gasteiger partial charge in [-0.3, -0.25) is 4.89 Å². The van der Waals surface area contributed by atoms with Crippen LogP contribution in [-0.4, -0.2) is 51.7 Å². The first-order valence-electron chi connectivity index (χ1n) is 6.24. The molecule has 0 saturated carbocycles. The van der Waals surface area contributed by atoms with Gasteiger partial charge in [-0.15, -0.1) is 0 Å². The van der Waals surface area contributed by atoms with Gasteiger partial charge in [0, 0.05) is 6.92 Å². The zero-order valence-electron chi connectivity index (χ0n) is 11.5. The summed E-state index contributed by atoms with van der Waals surface area (Å²) in [6.45, 7) is 8.13. The van der Waals surface area contributed by atoms with Gasteiger partial charge < -0.3 is 14.2 Å². The summed E-state index contributed by atoms with van der Waals surface area (Å²) in [6, 6.07) is 0. The van der Waals surface area contributed by atoms with Gasteiger partial charge in [0.2, 0.25) is 0 Å². The van der Waals surface area contributed by atoms with Crippen molar-refractivity contribution in [1.29, 1.82) is 0 Å². The molecule has 0 aliphatic carbocycles. The Morgan fingerprint density at radius 1 is 1.00 bits per heavy atom. The molecule has 0 rings (SSSR count). The Balaban J connectivity index is 3.01. The summed E-state index contributed by atoms with van der Waals surface area (Å²) in [6.07, 6.45) is 1.29. The van der Waals surface area contributed by atoms with Crippen molar-refractivity contribution < 1.29 is 28.8 Å². The molecule has 0 aromatic rings. The van der Waals surface area contributed by atoms with Gasteiger partial charge in [-0.05, 0) is 13.3 Å². The minimum atomic E-state index is -0.473. The van der Waals surface area contributed by atoms with Crippen molar-refractivity contribution in [2.75, 3.05) is 39.6 Å². The van der Waals surface area contributed by atoms with Crippen molar-refractivity contribution in [3.63, 3.8) is 0 Å². The molecule has 6 nitrogen and oxygen atoms in total. The van der Waals surface area contributed by atoms with Gasteiger partial charge in [-0.1, -0.05) is 6.92 Å². The van der Waals surface area contributed by atoms with Crippen LogP contribution in [0.3, 0.4) is 0 Å². The van der Waals surface area contributed by atoms with E-state index in [1.165, 1.54) is 6.92 Å². The molecule has 6 heteroatoms. The maximum absolute atomic E-state index is 10.3. The molecule has 0 amide bonds. The summed E-state index contributed by atoms with van der Waals surface area (Å²) in [5.41, 5.74) is 0. The molecule has 0 saturated heterocycles. The lowest BCUT2D eigenvalue weighted by Gasteiger charge is -2.10. The largest absolute Gasteiger partial charge is 0.377 e. The Kier molecular flexibility index (Phi) is 12.3. The van der Waals surface area contributed by atoms with E-state index in [1.807, 2.05) is 6.92 Å². The number of carbonyl (C=O) groups excluding carboxylic acids is 1. The lowest BCUT2D eigenvalue weighted by atomic mass is 10.3. The topological polar surface area (TPSA) is 63.2 Å². The molecule has 108 valence electrons. The molecule has 0 aliphatic heterocycles. The van der Waals surface area contributed by atoms with Gasteiger partial charge in [0.1, 0.15) is 6.61 Å². The third-order valence-electron chi connectivity index (χ3n) is 2.06. The van der Waals surface area contributed by atoms with Crippen LogP contribution in [0.15, 0.2) is 0 Å². The molecule has 18 heavy (non-hydrogen) atoms. The molecular formula is C12H24O6. The van der Waals surface area contributed by atoms with Gasteiger partial charge in [0.15, 0.2) is 0 Å². The summed E-state index contributed by atoms with van der Waals surface area (Å²) in [7, 11) is 0. The van der Waals surface area contributed by atoms with Crippen molar-refractivity contribution in [2.45, 2.75) is 33.3 Å². The second-order valence-electron chi connectivity index (χ2n) is 3.71. The van der Waals surface area contributed by atoms with E-state index in [0.717, 1.165) is 6.42 Å². The lowest BCUT2D eigenvalue weighted by Crippen LogP contribution is -2.14. The first-order chi connectivity index (χ1) is 8.66. The summed E-state index contributed by atoms with van der Waals surface area (Å²) in [4.78, 5) is 19.1. The Morgan fingerprint density at radius 2 is 1.56 bits per heavy atom. The van der Waals surface area contributed by atoms with E-state index in [-0.39, 0.29) is 12.7 Å². The van der Waals surface area contributed by atoms with Crippen LogP contribution in [0.4, 0.5) is 0 Å². The first kappa shape index (κ1) is 17.3. The monoisotopic (exact) mass is 264 g/mol. The Bertz CT molecular complexity index is 197. The molecule has 0 bridgehead atoms. The standard InChI is InChI=1S/C12H24O6/c1-4-11(2)16-9-7-14-5-6-15-8-10-17-18-12(3)13/h11H,4-10H2,1-3H3. The molecule has 1 unspecified atom stereocenters. The maximum Gasteiger partial charge on any atom is 0.339 e. The second kappa shape index (κ2) is 12.8. The van der Waals surface area contributed by atoms with E-state index >= 15 is 0 Å². The van der Waals surface area contributed by atoms with E-state index < -0.39 is 5.97 Å². The van der Waals surface area contributed by atoms with Crippen molar-refractivity contribution in [2.24, 2.45) is 0 Å². The van der Waals surface area contributed by atoms with E-state index in [9.17, 15) is 4.79 Å². The molecule has 1 atom stereocenters. The van der Waals surface area contributed by atoms with Crippen molar-refractivity contribution in [3.05, 3.63) is 0 Å². The van der Waals surface area contributed by atoms with Crippen LogP contribution < -0.4 is 0 Å². The highest BCUT2D eigenvalue weighted by Crippen LogP contribution is 1.94. The highest BCUT2D eigenvalue weighted by atomic mass is 17.2. The van der Waals surface area contributed by atoms with Gasteiger partial charge >= 0.3 is 5.97 Å². The molecule has 0 radical (unpaired) electrons. The molecule has 0 aromatic heterocycles. The zero-order chi connectivity index (χ0) is 13.6. The fourth-order valence-corrected chi connectivity index (χ4v) is 0.966. The number of rotatable bonds is 12. The van der Waals surface area contributed by atoms with Crippen molar-refractivity contribution in [3.8, 4) is 0 Å². The molecule has 0 aromatic carbocycles. The minimum absolute atomic E-state index is 0.219. The smallest absolute Gasteiger partial charge is 0.339 e. The quantitative estimate of drug-likeness (QED) is 0.301. The number of hydrogen-bond donors (Lipinski definition) is 0. The van der Waals surface area contributed by atoms with Crippen LogP contribution in [0.2, 0.25) is 0 Å². The fraction of sp³-hybridized carbons (Fsp3) is 0.917. The third-order valence-corrected chi connectivity index (χ3v) is 2.06. The summed E-state index contributed by atoms with van der Waals surface area (Å²) in [5.74, 6) is -0.473. The Hall–Kier alpha value is -0.690. The molecule has 0 heterocycles. The predicted molar refractivity (Wildman–Crippen MR) is 65.1 cm³/mol. The normalized spacial score (nSPS) is 12.4. The van der Waals surface area contributed by atoms with Crippen LogP contribution in [-0.2, 0) is 28.8 Å². The predicted octanol–water partition coefficient (Wildman–Crippen LogP) is 1.33. The van der Waals surface area contributed by atoms with E-state index in [4.69, 9.17) is 14.2 Å². The molecular weight excluding hydrogens is 240 g/mol. The van der Waals surface area contributed by atoms with Crippen LogP contribution in [0.1, 0.15) is 27.2 Å². The minimum Gasteiger partial charge on any atom is -0.377 e. The van der Waals surface area contributed by atoms with Gasteiger partial charge in [-0.25, -0.2) is 4.79 Å². The first-order valence-corrected chi connectivity index (χ1v) is 6.24. The highest BCUT2D eigenvalue weighted by Gasteiger charge is 1.97. The Labute approximate surface area is 108 Å². The van der Waals surface area contributed by atoms with E-state index in [1.54, 1.807) is 0 Å². The van der Waals surface area contributed by atoms with Crippen LogP contribution in [0.5, 0.6) is 0 Å². The number of carbonyl (C=O) groups is 1. The maximum atomic E-state index is 10.3. The fourth-order valence-electron chi connectivity index (χ4n) is 0.966. The molecule has 0 N–H and O–H groups in total. The van der Waals surface area contributed by atoms with Crippen LogP contribution in [0, 0.1) is 0 Å². The summed E-state index contributed by atoms with van der Waals surface area (Å²) in [5, 5.41) is 0. The van der Waals surface area contributed by atoms with Crippen molar-refractivity contribution >= 4 is 5.97 Å². The van der Waals surface area contributed by atoms with E-state index in [2.05, 4.69) is 16.7 Å². The third kappa shape index (κ3) is 13.4. The average molecular weight is 264 g/mol. The average Bonchev–Trinajstić information content (AvgIpc) is 2.35. The zero-order valence-corrected chi connectivity index (χ0v) is 11.5. The van der Waals surface area contributed by atoms with Gasteiger partial charge in [-0.2, -0.15) is 4.89 Å². The highest BCUT2D eigenvalue weighted by molar-refractivity contribution is 5.65. The van der Waals surface area contributed by atoms with Crippen molar-refractivity contribution in [1.82, 2.24) is 0 Å². The van der Waals surface area contributed by atoms with Gasteiger partial charge in [0.05, 0.1) is 39.1 Å². The SMILES string of the molecule is CCC(C)OCCOCCOCCOOC(C)=O. The van der Waals surface area contributed by atoms with Crippen LogP contribution >= 0.6 is 0 Å². The molecule has 0 fully saturated rings. The molecule has 0 spiro atoms. The van der Waals surface area contributed by atoms with Crippen LogP contribution in [0.25, 0.3) is 0 Å². The number of ether oxygens (including phenoxy) is 3.